The fourth-order valence-corrected chi connectivity index (χ4v) is 5.73. The summed E-state index contributed by atoms with van der Waals surface area (Å²) in [5.41, 5.74) is 0.456. The average molecular weight is 460 g/mol. The van der Waals surface area contributed by atoms with Gasteiger partial charge in [-0.3, -0.25) is 24.1 Å². The van der Waals surface area contributed by atoms with E-state index >= 15 is 0 Å². The Morgan fingerprint density at radius 3 is 2.31 bits per heavy atom. The number of amides is 3. The van der Waals surface area contributed by atoms with Crippen molar-refractivity contribution in [3.63, 3.8) is 0 Å². The molecule has 3 aliphatic rings. The Morgan fingerprint density at radius 2 is 1.72 bits per heavy atom. The molecule has 1 aliphatic heterocycles. The van der Waals surface area contributed by atoms with Crippen molar-refractivity contribution in [2.45, 2.75) is 17.2 Å². The number of nitrogens with one attached hydrogen (secondary N) is 1. The van der Waals surface area contributed by atoms with E-state index in [9.17, 15) is 19.2 Å². The van der Waals surface area contributed by atoms with E-state index in [4.69, 9.17) is 39.5 Å². The lowest BCUT2D eigenvalue weighted by molar-refractivity contribution is -0.154. The van der Waals surface area contributed by atoms with Crippen LogP contribution in [0.4, 0.5) is 5.69 Å². The summed E-state index contributed by atoms with van der Waals surface area (Å²) in [7, 11) is 0. The van der Waals surface area contributed by atoms with Gasteiger partial charge in [-0.05, 0) is 36.5 Å². The number of benzene rings is 1. The molecule has 0 radical (unpaired) electrons. The zero-order valence-corrected chi connectivity index (χ0v) is 17.3. The van der Waals surface area contributed by atoms with Crippen molar-refractivity contribution in [3.8, 4) is 0 Å². The number of anilines is 1. The number of carbonyl (C=O) groups is 4. The van der Waals surface area contributed by atoms with Crippen molar-refractivity contribution in [1.82, 2.24) is 4.90 Å². The minimum atomic E-state index is -0.842. The third-order valence-corrected chi connectivity index (χ3v) is 7.39. The molecule has 10 heteroatoms. The fourth-order valence-electron chi connectivity index (χ4n) is 4.65. The van der Waals surface area contributed by atoms with Crippen LogP contribution in [0.5, 0.6) is 0 Å². The van der Waals surface area contributed by atoms with Crippen LogP contribution in [-0.2, 0) is 23.9 Å². The van der Waals surface area contributed by atoms with Crippen molar-refractivity contribution in [1.29, 1.82) is 0 Å². The molecule has 7 nitrogen and oxygen atoms in total. The zero-order chi connectivity index (χ0) is 20.9. The molecule has 0 aromatic heterocycles. The Kier molecular flexibility index (Phi) is 5.48. The third-order valence-electron chi connectivity index (χ3n) is 5.84. The van der Waals surface area contributed by atoms with Crippen LogP contribution >= 0.6 is 34.8 Å². The van der Waals surface area contributed by atoms with Crippen molar-refractivity contribution >= 4 is 64.2 Å². The van der Waals surface area contributed by atoms with Gasteiger partial charge in [0.2, 0.25) is 11.8 Å². The van der Waals surface area contributed by atoms with Crippen molar-refractivity contribution < 1.29 is 23.9 Å². The monoisotopic (exact) mass is 458 g/mol. The summed E-state index contributed by atoms with van der Waals surface area (Å²) < 4.78 is 4.92. The summed E-state index contributed by atoms with van der Waals surface area (Å²) in [5, 5.41) is 2.26. The molecule has 1 heterocycles. The van der Waals surface area contributed by atoms with Crippen molar-refractivity contribution in [3.05, 3.63) is 29.3 Å². The molecule has 0 unspecified atom stereocenters. The quantitative estimate of drug-likeness (QED) is 0.414. The number of rotatable bonds is 5. The van der Waals surface area contributed by atoms with Crippen LogP contribution in [0.3, 0.4) is 0 Å². The highest BCUT2D eigenvalue weighted by Gasteiger charge is 2.66. The number of alkyl halides is 2. The van der Waals surface area contributed by atoms with Crippen LogP contribution in [0.15, 0.2) is 24.3 Å². The molecule has 154 valence electrons. The first kappa shape index (κ1) is 20.4. The van der Waals surface area contributed by atoms with E-state index in [0.29, 0.717) is 17.1 Å². The van der Waals surface area contributed by atoms with Crippen LogP contribution in [0.1, 0.15) is 6.42 Å². The van der Waals surface area contributed by atoms with Gasteiger partial charge in [-0.2, -0.15) is 0 Å². The normalized spacial score (nSPS) is 32.4. The number of imide groups is 1. The lowest BCUT2D eigenvalue weighted by Crippen LogP contribution is -2.38. The number of hydrogen-bond acceptors (Lipinski definition) is 5. The van der Waals surface area contributed by atoms with E-state index in [-0.39, 0.29) is 22.6 Å². The summed E-state index contributed by atoms with van der Waals surface area (Å²) >= 11 is 18.4. The molecule has 0 spiro atoms. The number of carbonyl (C=O) groups excluding carboxylic acids is 4. The second-order valence-electron chi connectivity index (χ2n) is 7.49. The van der Waals surface area contributed by atoms with Crippen LogP contribution in [-0.4, -0.2) is 52.5 Å². The van der Waals surface area contributed by atoms with Gasteiger partial charge in [0, 0.05) is 10.7 Å². The summed E-state index contributed by atoms with van der Waals surface area (Å²) in [5.74, 6) is -3.60. The van der Waals surface area contributed by atoms with Gasteiger partial charge in [-0.15, -0.1) is 23.2 Å². The molecule has 2 saturated carbocycles. The van der Waals surface area contributed by atoms with Gasteiger partial charge in [0.25, 0.3) is 5.91 Å². The molecule has 6 atom stereocenters. The minimum absolute atomic E-state index is 0.157. The largest absolute Gasteiger partial charge is 0.454 e. The Morgan fingerprint density at radius 1 is 1.10 bits per heavy atom. The van der Waals surface area contributed by atoms with E-state index in [1.165, 1.54) is 0 Å². The second kappa shape index (κ2) is 7.78. The SMILES string of the molecule is O=C(COC(=O)CN1C(=O)[C@@H]2[C@H]3C[C@@H]([C@H](Cl)[C@H]3Cl)[C@H]2C1=O)Nc1cccc(Cl)c1. The lowest BCUT2D eigenvalue weighted by atomic mass is 9.80. The van der Waals surface area contributed by atoms with Gasteiger partial charge in [-0.1, -0.05) is 17.7 Å². The molecule has 1 aromatic carbocycles. The smallest absolute Gasteiger partial charge is 0.326 e. The van der Waals surface area contributed by atoms with Crippen LogP contribution < -0.4 is 5.32 Å². The summed E-state index contributed by atoms with van der Waals surface area (Å²) in [6.45, 7) is -1.08. The molecule has 3 amide bonds. The van der Waals surface area contributed by atoms with E-state index < -0.39 is 48.7 Å². The van der Waals surface area contributed by atoms with Crippen molar-refractivity contribution in [2.24, 2.45) is 23.7 Å². The zero-order valence-electron chi connectivity index (χ0n) is 15.0. The molecular weight excluding hydrogens is 443 g/mol. The van der Waals surface area contributed by atoms with E-state index in [0.717, 1.165) is 4.90 Å². The molecule has 1 aromatic rings. The maximum atomic E-state index is 12.7. The molecule has 4 rings (SSSR count). The van der Waals surface area contributed by atoms with E-state index in [2.05, 4.69) is 5.32 Å². The second-order valence-corrected chi connectivity index (χ2v) is 8.93. The first-order valence-electron chi connectivity index (χ1n) is 9.12. The van der Waals surface area contributed by atoms with Gasteiger partial charge >= 0.3 is 5.97 Å². The number of nitrogens with zero attached hydrogens (tertiary/aromatic N) is 1. The maximum absolute atomic E-state index is 12.7. The number of halogens is 3. The van der Waals surface area contributed by atoms with E-state index in [1.807, 2.05) is 0 Å². The van der Waals surface area contributed by atoms with Gasteiger partial charge in [-0.25, -0.2) is 0 Å². The molecule has 2 bridgehead atoms. The first-order valence-corrected chi connectivity index (χ1v) is 10.4. The average Bonchev–Trinajstić information content (AvgIpc) is 3.27. The third kappa shape index (κ3) is 3.60. The highest BCUT2D eigenvalue weighted by molar-refractivity contribution is 6.31. The summed E-state index contributed by atoms with van der Waals surface area (Å²) in [4.78, 5) is 50.3. The lowest BCUT2D eigenvalue weighted by Gasteiger charge is -2.28. The van der Waals surface area contributed by atoms with Crippen LogP contribution in [0.25, 0.3) is 0 Å². The molecular formula is C19H17Cl3N2O5. The van der Waals surface area contributed by atoms with Gasteiger partial charge < -0.3 is 10.1 Å². The predicted octanol–water partition coefficient (Wildman–Crippen LogP) is 2.29. The highest BCUT2D eigenvalue weighted by Crippen LogP contribution is 2.59. The first-order chi connectivity index (χ1) is 13.8. The number of ether oxygens (including phenoxy) is 1. The summed E-state index contributed by atoms with van der Waals surface area (Å²) in [6, 6.07) is 6.50. The molecule has 3 fully saturated rings. The Hall–Kier alpha value is -1.83. The van der Waals surface area contributed by atoms with Gasteiger partial charge in [0.05, 0.1) is 22.6 Å². The van der Waals surface area contributed by atoms with E-state index in [1.54, 1.807) is 24.3 Å². The molecule has 29 heavy (non-hydrogen) atoms. The van der Waals surface area contributed by atoms with Crippen molar-refractivity contribution in [2.75, 3.05) is 18.5 Å². The number of fused-ring (bicyclic) bond motifs is 5. The Balaban J connectivity index is 1.32. The number of esters is 1. The maximum Gasteiger partial charge on any atom is 0.326 e. The van der Waals surface area contributed by atoms with Gasteiger partial charge in [0.1, 0.15) is 6.54 Å². The number of hydrogen-bond donors (Lipinski definition) is 1. The topological polar surface area (TPSA) is 92.8 Å². The predicted molar refractivity (Wildman–Crippen MR) is 106 cm³/mol. The molecule has 1 N–H and O–H groups in total. The Labute approximate surface area is 181 Å². The summed E-state index contributed by atoms with van der Waals surface area (Å²) in [6.07, 6.45) is 0.650. The standard InChI is InChI=1S/C19H17Cl3N2O5/c20-8-2-1-3-9(4-8)23-12(25)7-29-13(26)6-24-18(27)14-10-5-11(15(14)19(24)28)17(22)16(10)21/h1-4,10-11,14-17H,5-7H2,(H,23,25)/t10-,11-,14-,15-,16+,17+/m1/s1. The Bertz CT molecular complexity index is 862. The minimum Gasteiger partial charge on any atom is -0.454 e. The molecule has 2 aliphatic carbocycles. The van der Waals surface area contributed by atoms with Gasteiger partial charge in [0.15, 0.2) is 6.61 Å². The molecule has 1 saturated heterocycles. The van der Waals surface area contributed by atoms with Crippen LogP contribution in [0, 0.1) is 23.7 Å². The van der Waals surface area contributed by atoms with Crippen LogP contribution in [0.2, 0.25) is 5.02 Å². The highest BCUT2D eigenvalue weighted by atomic mass is 35.5. The fraction of sp³-hybridized carbons (Fsp3) is 0.474. The number of likely N-dealkylation sites (tertiary alicyclic amines) is 1.